The third-order valence-electron chi connectivity index (χ3n) is 6.70. The average Bonchev–Trinajstić information content (AvgIpc) is 2.91. The van der Waals surface area contributed by atoms with Crippen LogP contribution in [0.1, 0.15) is 51.5 Å². The fourth-order valence-electron chi connectivity index (χ4n) is 5.47. The number of pyridine rings is 1. The number of carbonyl (C=O) groups is 2. The molecule has 9 heteroatoms. The average molecular weight is 391 g/mol. The maximum Gasteiger partial charge on any atom is 0.270 e. The standard InChI is InChI=1S/C20H27B2N5O2/c1-11(17-18(29)26-19(27(17)10-28)6-4-3-5-7-19)16-12(2)25-14-8-15(23)24-9-13(14)20(16,21)22/h8-10,25H,3-7,21-22H2,1-2H3,(H2,23,24)(H,26,29)/b17-11-. The van der Waals surface area contributed by atoms with E-state index in [0.29, 0.717) is 11.5 Å². The summed E-state index contributed by atoms with van der Waals surface area (Å²) in [7, 11) is 4.23. The molecule has 150 valence electrons. The molecule has 1 aromatic rings. The molecule has 1 aromatic heterocycles. The lowest BCUT2D eigenvalue weighted by Gasteiger charge is -2.40. The van der Waals surface area contributed by atoms with Crippen molar-refractivity contribution in [1.29, 1.82) is 0 Å². The van der Waals surface area contributed by atoms with Gasteiger partial charge in [0.1, 0.15) is 32.9 Å². The number of fused-ring (bicyclic) bond motifs is 1. The number of nitrogens with two attached hydrogens (primary N) is 1. The Hall–Kier alpha value is -2.70. The maximum atomic E-state index is 13.1. The molecule has 4 N–H and O–H groups in total. The Morgan fingerprint density at radius 3 is 2.66 bits per heavy atom. The fraction of sp³-hybridized carbons (Fsp3) is 0.450. The minimum atomic E-state index is -0.581. The Kier molecular flexibility index (Phi) is 4.52. The Bertz CT molecular complexity index is 964. The molecule has 2 amide bonds. The highest BCUT2D eigenvalue weighted by atomic mass is 16.2. The molecule has 1 spiro atoms. The number of anilines is 2. The molecule has 3 heterocycles. The van der Waals surface area contributed by atoms with Gasteiger partial charge in [-0.25, -0.2) is 4.98 Å². The summed E-state index contributed by atoms with van der Waals surface area (Å²) >= 11 is 0. The third kappa shape index (κ3) is 2.86. The zero-order valence-electron chi connectivity index (χ0n) is 17.6. The first-order valence-corrected chi connectivity index (χ1v) is 10.2. The zero-order chi connectivity index (χ0) is 21.0. The molecule has 0 radical (unpaired) electrons. The van der Waals surface area contributed by atoms with Crippen LogP contribution in [0.3, 0.4) is 0 Å². The van der Waals surface area contributed by atoms with Crippen molar-refractivity contribution in [2.24, 2.45) is 0 Å². The van der Waals surface area contributed by atoms with Gasteiger partial charge >= 0.3 is 0 Å². The number of nitrogen functional groups attached to an aromatic ring is 1. The molecule has 0 atom stereocenters. The molecule has 0 bridgehead atoms. The van der Waals surface area contributed by atoms with Crippen molar-refractivity contribution in [3.05, 3.63) is 40.4 Å². The zero-order valence-corrected chi connectivity index (χ0v) is 17.6. The minimum absolute atomic E-state index is 0.172. The van der Waals surface area contributed by atoms with Crippen LogP contribution in [0.4, 0.5) is 11.5 Å². The van der Waals surface area contributed by atoms with Crippen molar-refractivity contribution in [3.8, 4) is 0 Å². The van der Waals surface area contributed by atoms with Crippen LogP contribution in [0, 0.1) is 0 Å². The van der Waals surface area contributed by atoms with Crippen LogP contribution in [0.25, 0.3) is 0 Å². The second kappa shape index (κ2) is 6.68. The molecular weight excluding hydrogens is 364 g/mol. The molecule has 1 saturated carbocycles. The van der Waals surface area contributed by atoms with E-state index in [9.17, 15) is 9.59 Å². The van der Waals surface area contributed by atoms with Crippen molar-refractivity contribution < 1.29 is 9.59 Å². The van der Waals surface area contributed by atoms with Gasteiger partial charge in [0.15, 0.2) is 0 Å². The lowest BCUT2D eigenvalue weighted by Crippen LogP contribution is -2.52. The molecule has 1 aliphatic carbocycles. The van der Waals surface area contributed by atoms with Crippen molar-refractivity contribution in [1.82, 2.24) is 15.2 Å². The Morgan fingerprint density at radius 1 is 1.31 bits per heavy atom. The summed E-state index contributed by atoms with van der Waals surface area (Å²) in [5.41, 5.74) is 10.4. The summed E-state index contributed by atoms with van der Waals surface area (Å²) in [6.45, 7) is 3.93. The van der Waals surface area contributed by atoms with E-state index in [1.807, 2.05) is 19.9 Å². The van der Waals surface area contributed by atoms with Gasteiger partial charge in [0, 0.05) is 23.6 Å². The van der Waals surface area contributed by atoms with Gasteiger partial charge < -0.3 is 16.4 Å². The molecule has 3 aliphatic rings. The summed E-state index contributed by atoms with van der Waals surface area (Å²) in [6, 6.07) is 1.83. The summed E-state index contributed by atoms with van der Waals surface area (Å²) in [5.74, 6) is 0.286. The number of aromatic nitrogens is 1. The van der Waals surface area contributed by atoms with E-state index in [2.05, 4.69) is 31.3 Å². The van der Waals surface area contributed by atoms with Gasteiger partial charge in [-0.05, 0) is 61.5 Å². The van der Waals surface area contributed by atoms with Crippen molar-refractivity contribution in [2.45, 2.75) is 56.8 Å². The van der Waals surface area contributed by atoms with E-state index in [1.165, 1.54) is 0 Å². The first-order valence-electron chi connectivity index (χ1n) is 10.2. The molecule has 29 heavy (non-hydrogen) atoms. The Labute approximate surface area is 173 Å². The molecule has 0 aromatic carbocycles. The Balaban J connectivity index is 1.85. The number of nitrogens with zero attached hydrogens (tertiary/aromatic N) is 2. The van der Waals surface area contributed by atoms with Crippen molar-refractivity contribution >= 4 is 39.5 Å². The van der Waals surface area contributed by atoms with Gasteiger partial charge in [-0.15, -0.1) is 0 Å². The predicted octanol–water partition coefficient (Wildman–Crippen LogP) is 0.305. The van der Waals surface area contributed by atoms with Gasteiger partial charge in [-0.3, -0.25) is 14.5 Å². The predicted molar refractivity (Wildman–Crippen MR) is 118 cm³/mol. The van der Waals surface area contributed by atoms with Crippen LogP contribution in [0.2, 0.25) is 0 Å². The monoisotopic (exact) mass is 391 g/mol. The third-order valence-corrected chi connectivity index (χ3v) is 6.70. The topological polar surface area (TPSA) is 100 Å². The summed E-state index contributed by atoms with van der Waals surface area (Å²) in [6.07, 6.45) is 7.34. The summed E-state index contributed by atoms with van der Waals surface area (Å²) in [4.78, 5) is 31.1. The quantitative estimate of drug-likeness (QED) is 0.383. The number of amides is 2. The van der Waals surface area contributed by atoms with Crippen molar-refractivity contribution in [3.63, 3.8) is 0 Å². The number of rotatable bonds is 2. The Morgan fingerprint density at radius 2 is 2.00 bits per heavy atom. The van der Waals surface area contributed by atoms with Gasteiger partial charge in [0.2, 0.25) is 6.41 Å². The second-order valence-corrected chi connectivity index (χ2v) is 8.90. The molecule has 2 fully saturated rings. The minimum Gasteiger partial charge on any atom is -0.384 e. The highest BCUT2D eigenvalue weighted by Gasteiger charge is 2.49. The highest BCUT2D eigenvalue weighted by molar-refractivity contribution is 6.43. The number of hydrogen-bond acceptors (Lipinski definition) is 5. The molecule has 4 rings (SSSR count). The van der Waals surface area contributed by atoms with Crippen LogP contribution in [-0.4, -0.2) is 43.6 Å². The van der Waals surface area contributed by atoms with Crippen LogP contribution < -0.4 is 16.4 Å². The SMILES string of the molecule is BC1(B)C(/C(C)=C2/C(=O)NC3(CCCCC3)N2C=O)=C(C)Nc2cc(N)ncc21. The van der Waals surface area contributed by atoms with Gasteiger partial charge in [0.05, 0.1) is 0 Å². The number of carbonyl (C=O) groups excluding carboxylic acids is 2. The number of nitrogens with one attached hydrogen (secondary N) is 2. The van der Waals surface area contributed by atoms with E-state index in [1.54, 1.807) is 11.1 Å². The fourth-order valence-corrected chi connectivity index (χ4v) is 5.47. The lowest BCUT2D eigenvalue weighted by atomic mass is 9.45. The van der Waals surface area contributed by atoms with Crippen LogP contribution in [-0.2, 0) is 14.8 Å². The van der Waals surface area contributed by atoms with Crippen LogP contribution in [0.15, 0.2) is 34.8 Å². The molecule has 1 saturated heterocycles. The normalized spacial score (nSPS) is 24.1. The van der Waals surface area contributed by atoms with E-state index in [-0.39, 0.29) is 5.91 Å². The van der Waals surface area contributed by atoms with Gasteiger partial charge in [-0.1, -0.05) is 6.42 Å². The lowest BCUT2D eigenvalue weighted by molar-refractivity contribution is -0.121. The number of hydrogen-bond donors (Lipinski definition) is 3. The van der Waals surface area contributed by atoms with E-state index < -0.39 is 10.9 Å². The first kappa shape index (κ1) is 19.6. The van der Waals surface area contributed by atoms with Crippen LogP contribution in [0.5, 0.6) is 0 Å². The van der Waals surface area contributed by atoms with Crippen molar-refractivity contribution in [2.75, 3.05) is 11.1 Å². The molecular formula is C20H27B2N5O2. The van der Waals surface area contributed by atoms with E-state index in [4.69, 9.17) is 5.73 Å². The largest absolute Gasteiger partial charge is 0.384 e. The van der Waals surface area contributed by atoms with E-state index in [0.717, 1.165) is 66.6 Å². The maximum absolute atomic E-state index is 13.1. The van der Waals surface area contributed by atoms with Gasteiger partial charge in [0.25, 0.3) is 5.91 Å². The first-order chi connectivity index (χ1) is 13.7. The highest BCUT2D eigenvalue weighted by Crippen LogP contribution is 2.45. The molecule has 0 unspecified atom stereocenters. The molecule has 2 aliphatic heterocycles. The summed E-state index contributed by atoms with van der Waals surface area (Å²) < 4.78 is 0. The summed E-state index contributed by atoms with van der Waals surface area (Å²) in [5, 5.41) is 6.15. The van der Waals surface area contributed by atoms with Crippen LogP contribution >= 0.6 is 0 Å². The van der Waals surface area contributed by atoms with Gasteiger partial charge in [-0.2, -0.15) is 0 Å². The smallest absolute Gasteiger partial charge is 0.270 e. The number of allylic oxidation sites excluding steroid dienone is 3. The molecule has 7 nitrogen and oxygen atoms in total. The second-order valence-electron chi connectivity index (χ2n) is 8.90. The van der Waals surface area contributed by atoms with E-state index >= 15 is 0 Å².